The molecule has 14 heteroatoms. The molecule has 0 spiro atoms. The Balaban J connectivity index is 2.47. The SMILES string of the molecule is CCCC/C=C\C/C=C\CCCCCCCC(=O)OC(COC(=O)CCCCCCCCCCCCCCCCC)COP(=O)(O)OC1C(O)C(O)C(O)C(O)C1O. The third kappa shape index (κ3) is 27.2. The first-order valence-electron chi connectivity index (χ1n) is 22.6. The van der Waals surface area contributed by atoms with E-state index in [2.05, 4.69) is 38.2 Å². The zero-order chi connectivity index (χ0) is 42.9. The van der Waals surface area contributed by atoms with Crippen LogP contribution in [0.15, 0.2) is 24.3 Å². The Morgan fingerprint density at radius 2 is 0.948 bits per heavy atom. The molecule has 0 aromatic carbocycles. The van der Waals surface area contributed by atoms with Crippen molar-refractivity contribution in [2.75, 3.05) is 13.2 Å². The molecule has 0 aromatic rings. The van der Waals surface area contributed by atoms with Crippen LogP contribution < -0.4 is 0 Å². The van der Waals surface area contributed by atoms with E-state index in [0.29, 0.717) is 12.8 Å². The standard InChI is InChI=1S/C44H81O13P/c1-3-5-7-9-11-13-15-17-19-21-22-24-26-28-30-32-37(45)54-34-36(35-55-58(52,53)57-44-42(50)40(48)39(47)41(49)43(44)51)56-38(46)33-31-29-27-25-23-20-18-16-14-12-10-8-6-4-2/h10,12,16,18,36,39-44,47-51H,3-9,11,13-15,17,19-35H2,1-2H3,(H,52,53)/b12-10-,18-16-. The van der Waals surface area contributed by atoms with E-state index in [-0.39, 0.29) is 12.8 Å². The predicted molar refractivity (Wildman–Crippen MR) is 226 cm³/mol. The van der Waals surface area contributed by atoms with Gasteiger partial charge in [0.15, 0.2) is 6.10 Å². The Kier molecular flexibility index (Phi) is 32.8. The summed E-state index contributed by atoms with van der Waals surface area (Å²) < 4.78 is 33.5. The van der Waals surface area contributed by atoms with Gasteiger partial charge in [-0.05, 0) is 38.5 Å². The van der Waals surface area contributed by atoms with Gasteiger partial charge in [-0.2, -0.15) is 0 Å². The van der Waals surface area contributed by atoms with E-state index in [0.717, 1.165) is 64.2 Å². The van der Waals surface area contributed by atoms with Crippen molar-refractivity contribution in [2.45, 2.75) is 230 Å². The first-order chi connectivity index (χ1) is 27.9. The molecule has 1 fully saturated rings. The third-order valence-electron chi connectivity index (χ3n) is 10.5. The van der Waals surface area contributed by atoms with Gasteiger partial charge in [0.05, 0.1) is 6.61 Å². The van der Waals surface area contributed by atoms with Crippen LogP contribution in [0.3, 0.4) is 0 Å². The molecule has 340 valence electrons. The normalized spacial score (nSPS) is 22.7. The highest BCUT2D eigenvalue weighted by Crippen LogP contribution is 2.47. The molecule has 0 aromatic heterocycles. The molecule has 6 unspecified atom stereocenters. The van der Waals surface area contributed by atoms with Crippen molar-refractivity contribution in [3.63, 3.8) is 0 Å². The van der Waals surface area contributed by atoms with Crippen molar-refractivity contribution >= 4 is 19.8 Å². The van der Waals surface area contributed by atoms with E-state index in [1.165, 1.54) is 83.5 Å². The molecule has 58 heavy (non-hydrogen) atoms. The molecule has 1 rings (SSSR count). The predicted octanol–water partition coefficient (Wildman–Crippen LogP) is 8.45. The van der Waals surface area contributed by atoms with E-state index >= 15 is 0 Å². The largest absolute Gasteiger partial charge is 0.472 e. The number of rotatable bonds is 37. The number of aliphatic hydroxyl groups excluding tert-OH is 5. The average Bonchev–Trinajstić information content (AvgIpc) is 3.20. The highest BCUT2D eigenvalue weighted by molar-refractivity contribution is 7.47. The number of esters is 2. The van der Waals surface area contributed by atoms with Crippen LogP contribution >= 0.6 is 7.82 Å². The van der Waals surface area contributed by atoms with E-state index in [9.17, 15) is 44.6 Å². The fourth-order valence-corrected chi connectivity index (χ4v) is 7.81. The quantitative estimate of drug-likeness (QED) is 0.0150. The maximum Gasteiger partial charge on any atom is 0.472 e. The van der Waals surface area contributed by atoms with E-state index in [1.54, 1.807) is 0 Å². The van der Waals surface area contributed by atoms with E-state index < -0.39 is 75.7 Å². The van der Waals surface area contributed by atoms with Crippen LogP contribution in [-0.2, 0) is 32.7 Å². The van der Waals surface area contributed by atoms with Crippen LogP contribution in [0.2, 0.25) is 0 Å². The Bertz CT molecular complexity index is 1120. The molecular weight excluding hydrogens is 767 g/mol. The lowest BCUT2D eigenvalue weighted by Crippen LogP contribution is -2.64. The maximum atomic E-state index is 12.8. The average molecular weight is 849 g/mol. The molecule has 1 aliphatic rings. The van der Waals surface area contributed by atoms with Crippen molar-refractivity contribution < 1.29 is 63.1 Å². The highest BCUT2D eigenvalue weighted by atomic mass is 31.2. The maximum absolute atomic E-state index is 12.8. The van der Waals surface area contributed by atoms with E-state index in [4.69, 9.17) is 18.5 Å². The van der Waals surface area contributed by atoms with Crippen molar-refractivity contribution in [2.24, 2.45) is 0 Å². The summed E-state index contributed by atoms with van der Waals surface area (Å²) in [5, 5.41) is 50.1. The van der Waals surface area contributed by atoms with Gasteiger partial charge in [0, 0.05) is 12.8 Å². The Hall–Kier alpha value is -1.67. The first kappa shape index (κ1) is 54.3. The van der Waals surface area contributed by atoms with Crippen LogP contribution in [0.25, 0.3) is 0 Å². The zero-order valence-corrected chi connectivity index (χ0v) is 36.7. The van der Waals surface area contributed by atoms with Gasteiger partial charge in [-0.15, -0.1) is 0 Å². The minimum absolute atomic E-state index is 0.0830. The summed E-state index contributed by atoms with van der Waals surface area (Å²) >= 11 is 0. The van der Waals surface area contributed by atoms with Gasteiger partial charge in [0.2, 0.25) is 0 Å². The Labute approximate surface area is 349 Å². The molecule has 13 nitrogen and oxygen atoms in total. The molecule has 0 bridgehead atoms. The van der Waals surface area contributed by atoms with Crippen LogP contribution in [0.5, 0.6) is 0 Å². The minimum Gasteiger partial charge on any atom is -0.462 e. The monoisotopic (exact) mass is 849 g/mol. The van der Waals surface area contributed by atoms with Crippen LogP contribution in [0.4, 0.5) is 0 Å². The number of allylic oxidation sites excluding steroid dienone is 4. The lowest BCUT2D eigenvalue weighted by molar-refractivity contribution is -0.220. The smallest absolute Gasteiger partial charge is 0.462 e. The molecule has 0 heterocycles. The van der Waals surface area contributed by atoms with Gasteiger partial charge < -0.3 is 39.9 Å². The number of carbonyl (C=O) groups excluding carboxylic acids is 2. The van der Waals surface area contributed by atoms with Gasteiger partial charge in [0.1, 0.15) is 43.2 Å². The number of hydrogen-bond acceptors (Lipinski definition) is 12. The third-order valence-corrected chi connectivity index (χ3v) is 11.5. The molecular formula is C44H81O13P. The summed E-state index contributed by atoms with van der Waals surface area (Å²) in [6.45, 7) is 3.25. The topological polar surface area (TPSA) is 210 Å². The second-order valence-electron chi connectivity index (χ2n) is 15.9. The van der Waals surface area contributed by atoms with Crippen LogP contribution in [0, 0.1) is 0 Å². The molecule has 0 radical (unpaired) electrons. The summed E-state index contributed by atoms with van der Waals surface area (Å²) in [5.41, 5.74) is 0. The van der Waals surface area contributed by atoms with Crippen LogP contribution in [-0.4, -0.2) is 98.3 Å². The van der Waals surface area contributed by atoms with Gasteiger partial charge in [-0.1, -0.05) is 160 Å². The highest BCUT2D eigenvalue weighted by Gasteiger charge is 2.51. The molecule has 1 aliphatic carbocycles. The summed E-state index contributed by atoms with van der Waals surface area (Å²) in [7, 11) is -5.12. The van der Waals surface area contributed by atoms with Crippen molar-refractivity contribution in [1.82, 2.24) is 0 Å². The number of aliphatic hydroxyl groups is 5. The number of ether oxygens (including phenoxy) is 2. The fourth-order valence-electron chi connectivity index (χ4n) is 6.83. The molecule has 6 N–H and O–H groups in total. The molecule has 0 amide bonds. The van der Waals surface area contributed by atoms with Crippen LogP contribution in [0.1, 0.15) is 187 Å². The lowest BCUT2D eigenvalue weighted by Gasteiger charge is -2.41. The number of unbranched alkanes of at least 4 members (excludes halogenated alkanes) is 21. The summed E-state index contributed by atoms with van der Waals surface area (Å²) in [6, 6.07) is 0. The molecule has 0 saturated heterocycles. The number of hydrogen-bond donors (Lipinski definition) is 6. The van der Waals surface area contributed by atoms with Crippen molar-refractivity contribution in [1.29, 1.82) is 0 Å². The minimum atomic E-state index is -5.12. The lowest BCUT2D eigenvalue weighted by atomic mass is 9.85. The Morgan fingerprint density at radius 1 is 0.534 bits per heavy atom. The van der Waals surface area contributed by atoms with Gasteiger partial charge >= 0.3 is 19.8 Å². The second kappa shape index (κ2) is 35.0. The fraction of sp³-hybridized carbons (Fsp3) is 0.864. The zero-order valence-electron chi connectivity index (χ0n) is 35.8. The number of carbonyl (C=O) groups is 2. The first-order valence-corrected chi connectivity index (χ1v) is 24.1. The molecule has 0 aliphatic heterocycles. The summed E-state index contributed by atoms with van der Waals surface area (Å²) in [4.78, 5) is 35.6. The summed E-state index contributed by atoms with van der Waals surface area (Å²) in [5.74, 6) is -1.11. The van der Waals surface area contributed by atoms with Gasteiger partial charge in [-0.3, -0.25) is 18.6 Å². The van der Waals surface area contributed by atoms with Crippen molar-refractivity contribution in [3.8, 4) is 0 Å². The Morgan fingerprint density at radius 3 is 1.45 bits per heavy atom. The summed E-state index contributed by atoms with van der Waals surface area (Å²) in [6.07, 6.45) is 23.8. The van der Waals surface area contributed by atoms with Gasteiger partial charge in [-0.25, -0.2) is 4.57 Å². The van der Waals surface area contributed by atoms with Gasteiger partial charge in [0.25, 0.3) is 0 Å². The number of phosphoric ester groups is 1. The van der Waals surface area contributed by atoms with E-state index in [1.807, 2.05) is 0 Å². The molecule has 1 saturated carbocycles. The second-order valence-corrected chi connectivity index (χ2v) is 17.3. The molecule has 6 atom stereocenters. The van der Waals surface area contributed by atoms with Crippen molar-refractivity contribution in [3.05, 3.63) is 24.3 Å². The number of phosphoric acid groups is 1.